The highest BCUT2D eigenvalue weighted by Gasteiger charge is 2.19. The van der Waals surface area contributed by atoms with Crippen LogP contribution >= 0.6 is 0 Å². The fraction of sp³-hybridized carbons (Fsp3) is 0.444. The van der Waals surface area contributed by atoms with Gasteiger partial charge in [0.1, 0.15) is 5.56 Å². The molecule has 72 valence electrons. The van der Waals surface area contributed by atoms with Crippen LogP contribution in [-0.4, -0.2) is 18.1 Å². The van der Waals surface area contributed by atoms with Crippen LogP contribution in [-0.2, 0) is 4.74 Å². The van der Waals surface area contributed by atoms with Gasteiger partial charge in [-0.1, -0.05) is 13.8 Å². The predicted octanol–water partition coefficient (Wildman–Crippen LogP) is 1.51. The fourth-order valence-electron chi connectivity index (χ4n) is 1.24. The standard InChI is InChI=1S/C9H14N2O2/c1-5(2)8-7(9(12)13-3)6(10)4-11-8/h4-5,11H,10H2,1-3H3. The van der Waals surface area contributed by atoms with E-state index in [9.17, 15) is 4.79 Å². The summed E-state index contributed by atoms with van der Waals surface area (Å²) in [6.07, 6.45) is 1.61. The molecular formula is C9H14N2O2. The van der Waals surface area contributed by atoms with Crippen LogP contribution in [0.3, 0.4) is 0 Å². The van der Waals surface area contributed by atoms with Crippen molar-refractivity contribution in [2.75, 3.05) is 12.8 Å². The first-order valence-electron chi connectivity index (χ1n) is 4.13. The first-order valence-corrected chi connectivity index (χ1v) is 4.13. The normalized spacial score (nSPS) is 10.5. The SMILES string of the molecule is COC(=O)c1c(N)c[nH]c1C(C)C. The quantitative estimate of drug-likeness (QED) is 0.681. The highest BCUT2D eigenvalue weighted by Crippen LogP contribution is 2.23. The van der Waals surface area contributed by atoms with Gasteiger partial charge in [-0.25, -0.2) is 4.79 Å². The Morgan fingerprint density at radius 2 is 2.23 bits per heavy atom. The first-order chi connectivity index (χ1) is 6.07. The Morgan fingerprint density at radius 3 is 2.69 bits per heavy atom. The van der Waals surface area contributed by atoms with Crippen molar-refractivity contribution in [3.8, 4) is 0 Å². The lowest BCUT2D eigenvalue weighted by Crippen LogP contribution is -2.07. The molecule has 0 radical (unpaired) electrons. The number of rotatable bonds is 2. The summed E-state index contributed by atoms with van der Waals surface area (Å²) in [5.74, 6) is -0.158. The van der Waals surface area contributed by atoms with Gasteiger partial charge >= 0.3 is 5.97 Å². The molecule has 1 aromatic heterocycles. The van der Waals surface area contributed by atoms with Crippen LogP contribution in [0.25, 0.3) is 0 Å². The van der Waals surface area contributed by atoms with E-state index in [0.29, 0.717) is 11.3 Å². The monoisotopic (exact) mass is 182 g/mol. The van der Waals surface area contributed by atoms with Crippen LogP contribution < -0.4 is 5.73 Å². The van der Waals surface area contributed by atoms with Gasteiger partial charge in [0.25, 0.3) is 0 Å². The van der Waals surface area contributed by atoms with E-state index in [1.54, 1.807) is 6.20 Å². The third-order valence-electron chi connectivity index (χ3n) is 1.91. The fourth-order valence-corrected chi connectivity index (χ4v) is 1.24. The molecule has 0 aliphatic heterocycles. The topological polar surface area (TPSA) is 68.1 Å². The van der Waals surface area contributed by atoms with Gasteiger partial charge in [0, 0.05) is 11.9 Å². The number of H-pyrrole nitrogens is 1. The lowest BCUT2D eigenvalue weighted by Gasteiger charge is -2.05. The third kappa shape index (κ3) is 1.66. The minimum atomic E-state index is -0.387. The van der Waals surface area contributed by atoms with Gasteiger partial charge in [-0.05, 0) is 5.92 Å². The van der Waals surface area contributed by atoms with Crippen LogP contribution in [0.4, 0.5) is 5.69 Å². The molecule has 3 N–H and O–H groups in total. The number of anilines is 1. The number of esters is 1. The maximum absolute atomic E-state index is 11.3. The third-order valence-corrected chi connectivity index (χ3v) is 1.91. The van der Waals surface area contributed by atoms with Crippen LogP contribution in [0.15, 0.2) is 6.20 Å². The van der Waals surface area contributed by atoms with Crippen molar-refractivity contribution < 1.29 is 9.53 Å². The average molecular weight is 182 g/mol. The van der Waals surface area contributed by atoms with Gasteiger partial charge in [-0.15, -0.1) is 0 Å². The summed E-state index contributed by atoms with van der Waals surface area (Å²) in [7, 11) is 1.35. The average Bonchev–Trinajstić information content (AvgIpc) is 2.46. The van der Waals surface area contributed by atoms with E-state index >= 15 is 0 Å². The smallest absolute Gasteiger partial charge is 0.341 e. The number of hydrogen-bond acceptors (Lipinski definition) is 3. The Bertz CT molecular complexity index is 315. The highest BCUT2D eigenvalue weighted by atomic mass is 16.5. The maximum Gasteiger partial charge on any atom is 0.341 e. The maximum atomic E-state index is 11.3. The van der Waals surface area contributed by atoms with E-state index in [2.05, 4.69) is 9.72 Å². The molecule has 1 rings (SSSR count). The summed E-state index contributed by atoms with van der Waals surface area (Å²) in [6.45, 7) is 3.97. The number of aromatic amines is 1. The predicted molar refractivity (Wildman–Crippen MR) is 50.6 cm³/mol. The van der Waals surface area contributed by atoms with Gasteiger partial charge in [-0.3, -0.25) is 0 Å². The van der Waals surface area contributed by atoms with Crippen molar-refractivity contribution in [3.63, 3.8) is 0 Å². The van der Waals surface area contributed by atoms with Crippen molar-refractivity contribution >= 4 is 11.7 Å². The molecular weight excluding hydrogens is 168 g/mol. The molecule has 4 heteroatoms. The summed E-state index contributed by atoms with van der Waals surface area (Å²) in [5.41, 5.74) is 7.34. The number of nitrogen functional groups attached to an aromatic ring is 1. The summed E-state index contributed by atoms with van der Waals surface area (Å²) in [4.78, 5) is 14.3. The molecule has 1 aromatic rings. The first kappa shape index (κ1) is 9.64. The molecule has 0 bridgehead atoms. The van der Waals surface area contributed by atoms with Crippen molar-refractivity contribution in [2.45, 2.75) is 19.8 Å². The molecule has 0 unspecified atom stereocenters. The summed E-state index contributed by atoms with van der Waals surface area (Å²) in [6, 6.07) is 0. The Hall–Kier alpha value is -1.45. The van der Waals surface area contributed by atoms with E-state index in [1.807, 2.05) is 13.8 Å². The van der Waals surface area contributed by atoms with Gasteiger partial charge in [0.15, 0.2) is 0 Å². The van der Waals surface area contributed by atoms with Gasteiger partial charge in [0.2, 0.25) is 0 Å². The molecule has 0 aromatic carbocycles. The Labute approximate surface area is 77.1 Å². The zero-order valence-corrected chi connectivity index (χ0v) is 8.05. The highest BCUT2D eigenvalue weighted by molar-refractivity contribution is 5.96. The number of carbonyl (C=O) groups is 1. The second kappa shape index (κ2) is 3.51. The number of aromatic nitrogens is 1. The van der Waals surface area contributed by atoms with Gasteiger partial charge < -0.3 is 15.5 Å². The van der Waals surface area contributed by atoms with E-state index in [0.717, 1.165) is 5.69 Å². The largest absolute Gasteiger partial charge is 0.465 e. The van der Waals surface area contributed by atoms with E-state index in [4.69, 9.17) is 5.73 Å². The molecule has 0 aliphatic rings. The second-order valence-corrected chi connectivity index (χ2v) is 3.18. The van der Waals surface area contributed by atoms with Crippen molar-refractivity contribution in [1.82, 2.24) is 4.98 Å². The molecule has 0 amide bonds. The number of hydrogen-bond donors (Lipinski definition) is 2. The summed E-state index contributed by atoms with van der Waals surface area (Å²) < 4.78 is 4.63. The van der Waals surface area contributed by atoms with Crippen molar-refractivity contribution in [2.24, 2.45) is 0 Å². The minimum Gasteiger partial charge on any atom is -0.465 e. The number of methoxy groups -OCH3 is 1. The lowest BCUT2D eigenvalue weighted by atomic mass is 10.1. The van der Waals surface area contributed by atoms with E-state index in [1.165, 1.54) is 7.11 Å². The molecule has 0 saturated heterocycles. The molecule has 0 spiro atoms. The molecule has 13 heavy (non-hydrogen) atoms. The van der Waals surface area contributed by atoms with E-state index < -0.39 is 0 Å². The van der Waals surface area contributed by atoms with E-state index in [-0.39, 0.29) is 11.9 Å². The lowest BCUT2D eigenvalue weighted by molar-refractivity contribution is 0.0600. The number of ether oxygens (including phenoxy) is 1. The Morgan fingerprint density at radius 1 is 1.62 bits per heavy atom. The molecule has 4 nitrogen and oxygen atoms in total. The van der Waals surface area contributed by atoms with Crippen LogP contribution in [0, 0.1) is 0 Å². The zero-order chi connectivity index (χ0) is 10.0. The Kier molecular flexibility index (Phi) is 2.60. The molecule has 0 aliphatic carbocycles. The number of carbonyl (C=O) groups excluding carboxylic acids is 1. The van der Waals surface area contributed by atoms with Crippen LogP contribution in [0.1, 0.15) is 35.8 Å². The molecule has 0 atom stereocenters. The zero-order valence-electron chi connectivity index (χ0n) is 8.05. The Balaban J connectivity index is 3.16. The molecule has 0 fully saturated rings. The molecule has 0 saturated carbocycles. The van der Waals surface area contributed by atoms with Crippen molar-refractivity contribution in [3.05, 3.63) is 17.5 Å². The number of nitrogens with two attached hydrogens (primary N) is 1. The minimum absolute atomic E-state index is 0.228. The number of nitrogens with one attached hydrogen (secondary N) is 1. The van der Waals surface area contributed by atoms with Crippen LogP contribution in [0.2, 0.25) is 0 Å². The summed E-state index contributed by atoms with van der Waals surface area (Å²) >= 11 is 0. The molecule has 1 heterocycles. The summed E-state index contributed by atoms with van der Waals surface area (Å²) in [5, 5.41) is 0. The second-order valence-electron chi connectivity index (χ2n) is 3.18. The van der Waals surface area contributed by atoms with Gasteiger partial charge in [-0.2, -0.15) is 0 Å². The van der Waals surface area contributed by atoms with Crippen LogP contribution in [0.5, 0.6) is 0 Å². The van der Waals surface area contributed by atoms with Gasteiger partial charge in [0.05, 0.1) is 12.8 Å². The van der Waals surface area contributed by atoms with Crippen molar-refractivity contribution in [1.29, 1.82) is 0 Å².